The van der Waals surface area contributed by atoms with E-state index in [4.69, 9.17) is 14.5 Å². The van der Waals surface area contributed by atoms with Gasteiger partial charge in [-0.3, -0.25) is 0 Å². The van der Waals surface area contributed by atoms with Crippen LogP contribution in [-0.4, -0.2) is 48.8 Å². The molecule has 0 atom stereocenters. The molecule has 1 aliphatic rings. The van der Waals surface area contributed by atoms with Crippen molar-refractivity contribution in [2.75, 3.05) is 26.7 Å². The molecular formula is C22H29N3O3. The van der Waals surface area contributed by atoms with Crippen molar-refractivity contribution in [2.45, 2.75) is 32.4 Å². The Hall–Kier alpha value is -2.73. The fraction of sp³-hybridized carbons (Fsp3) is 0.409. The van der Waals surface area contributed by atoms with Gasteiger partial charge in [-0.25, -0.2) is 4.99 Å². The molecular weight excluding hydrogens is 354 g/mol. The highest BCUT2D eigenvalue weighted by Gasteiger charge is 2.19. The SMILES string of the molecule is CCNC(=NCc1ccc(Oc2ccccc2OC)cc1)N1CCC(O)CC1. The number of likely N-dealkylation sites (tertiary alicyclic amines) is 1. The normalized spacial score (nSPS) is 15.4. The van der Waals surface area contributed by atoms with Crippen LogP contribution in [-0.2, 0) is 6.54 Å². The maximum atomic E-state index is 9.70. The van der Waals surface area contributed by atoms with Crippen LogP contribution >= 0.6 is 0 Å². The van der Waals surface area contributed by atoms with Crippen molar-refractivity contribution in [3.8, 4) is 17.2 Å². The van der Waals surface area contributed by atoms with E-state index in [1.54, 1.807) is 7.11 Å². The average molecular weight is 383 g/mol. The molecule has 28 heavy (non-hydrogen) atoms. The number of nitrogens with one attached hydrogen (secondary N) is 1. The summed E-state index contributed by atoms with van der Waals surface area (Å²) in [5, 5.41) is 13.1. The van der Waals surface area contributed by atoms with Crippen molar-refractivity contribution >= 4 is 5.96 Å². The van der Waals surface area contributed by atoms with Crippen molar-refractivity contribution < 1.29 is 14.6 Å². The largest absolute Gasteiger partial charge is 0.493 e. The van der Waals surface area contributed by atoms with E-state index in [1.165, 1.54) is 0 Å². The Balaban J connectivity index is 1.63. The van der Waals surface area contributed by atoms with E-state index in [-0.39, 0.29) is 6.10 Å². The molecule has 3 rings (SSSR count). The summed E-state index contributed by atoms with van der Waals surface area (Å²) in [7, 11) is 1.63. The van der Waals surface area contributed by atoms with Gasteiger partial charge in [0, 0.05) is 19.6 Å². The zero-order valence-electron chi connectivity index (χ0n) is 16.6. The second kappa shape index (κ2) is 9.99. The quantitative estimate of drug-likeness (QED) is 0.591. The molecule has 2 N–H and O–H groups in total. The Labute approximate surface area is 166 Å². The number of hydrogen-bond acceptors (Lipinski definition) is 4. The average Bonchev–Trinajstić information content (AvgIpc) is 2.73. The standard InChI is InChI=1S/C22H29N3O3/c1-3-23-22(25-14-12-18(26)13-15-25)24-16-17-8-10-19(11-9-17)28-21-7-5-4-6-20(21)27-2/h4-11,18,26H,3,12-16H2,1-2H3,(H,23,24). The van der Waals surface area contributed by atoms with Gasteiger partial charge in [0.25, 0.3) is 0 Å². The third-order valence-corrected chi connectivity index (χ3v) is 4.73. The molecule has 150 valence electrons. The number of nitrogens with zero attached hydrogens (tertiary/aromatic N) is 2. The first-order chi connectivity index (χ1) is 13.7. The number of aliphatic imine (C=N–C) groups is 1. The molecule has 0 aliphatic carbocycles. The fourth-order valence-corrected chi connectivity index (χ4v) is 3.16. The number of ether oxygens (including phenoxy) is 2. The van der Waals surface area contributed by atoms with Crippen LogP contribution in [0, 0.1) is 0 Å². The molecule has 0 unspecified atom stereocenters. The van der Waals surface area contributed by atoms with E-state index in [1.807, 2.05) is 48.5 Å². The smallest absolute Gasteiger partial charge is 0.194 e. The Morgan fingerprint density at radius 2 is 1.79 bits per heavy atom. The fourth-order valence-electron chi connectivity index (χ4n) is 3.16. The van der Waals surface area contributed by atoms with E-state index in [9.17, 15) is 5.11 Å². The van der Waals surface area contributed by atoms with Crippen LogP contribution in [0.15, 0.2) is 53.5 Å². The van der Waals surface area contributed by atoms with Gasteiger partial charge in [0.1, 0.15) is 5.75 Å². The summed E-state index contributed by atoms with van der Waals surface area (Å²) in [5.74, 6) is 3.06. The summed E-state index contributed by atoms with van der Waals surface area (Å²) in [5.41, 5.74) is 1.11. The predicted octanol–water partition coefficient (Wildman–Crippen LogP) is 3.41. The molecule has 0 saturated carbocycles. The van der Waals surface area contributed by atoms with Crippen molar-refractivity contribution in [3.05, 3.63) is 54.1 Å². The molecule has 1 aliphatic heterocycles. The van der Waals surface area contributed by atoms with Crippen LogP contribution in [0.4, 0.5) is 0 Å². The number of guanidine groups is 1. The first-order valence-corrected chi connectivity index (χ1v) is 9.80. The van der Waals surface area contributed by atoms with Crippen molar-refractivity contribution in [2.24, 2.45) is 4.99 Å². The van der Waals surface area contributed by atoms with E-state index in [2.05, 4.69) is 17.1 Å². The van der Waals surface area contributed by atoms with Crippen LogP contribution in [0.2, 0.25) is 0 Å². The summed E-state index contributed by atoms with van der Waals surface area (Å²) in [4.78, 5) is 6.98. The maximum Gasteiger partial charge on any atom is 0.194 e. The van der Waals surface area contributed by atoms with Crippen LogP contribution < -0.4 is 14.8 Å². The molecule has 2 aromatic rings. The van der Waals surface area contributed by atoms with Gasteiger partial charge in [-0.1, -0.05) is 24.3 Å². The molecule has 6 nitrogen and oxygen atoms in total. The van der Waals surface area contributed by atoms with E-state index in [0.717, 1.165) is 49.7 Å². The zero-order valence-corrected chi connectivity index (χ0v) is 16.6. The van der Waals surface area contributed by atoms with Gasteiger partial charge >= 0.3 is 0 Å². The first-order valence-electron chi connectivity index (χ1n) is 9.80. The Morgan fingerprint density at radius 1 is 1.11 bits per heavy atom. The Morgan fingerprint density at radius 3 is 2.43 bits per heavy atom. The summed E-state index contributed by atoms with van der Waals surface area (Å²) in [6.07, 6.45) is 1.40. The monoisotopic (exact) mass is 383 g/mol. The third kappa shape index (κ3) is 5.39. The summed E-state index contributed by atoms with van der Waals surface area (Å²) < 4.78 is 11.2. The highest BCUT2D eigenvalue weighted by Crippen LogP contribution is 2.30. The zero-order chi connectivity index (χ0) is 19.8. The molecule has 6 heteroatoms. The number of piperidine rings is 1. The van der Waals surface area contributed by atoms with Crippen LogP contribution in [0.3, 0.4) is 0 Å². The van der Waals surface area contributed by atoms with Crippen molar-refractivity contribution in [1.29, 1.82) is 0 Å². The number of benzene rings is 2. The molecule has 0 bridgehead atoms. The number of para-hydroxylation sites is 2. The minimum Gasteiger partial charge on any atom is -0.493 e. The summed E-state index contributed by atoms with van der Waals surface area (Å²) in [6.45, 7) is 5.15. The van der Waals surface area contributed by atoms with Gasteiger partial charge in [-0.05, 0) is 49.6 Å². The maximum absolute atomic E-state index is 9.70. The highest BCUT2D eigenvalue weighted by atomic mass is 16.5. The molecule has 0 amide bonds. The number of aliphatic hydroxyl groups is 1. The number of hydrogen-bond donors (Lipinski definition) is 2. The molecule has 0 spiro atoms. The molecule has 1 fully saturated rings. The number of aliphatic hydroxyl groups excluding tert-OH is 1. The van der Waals surface area contributed by atoms with Gasteiger partial charge in [0.15, 0.2) is 17.5 Å². The Kier molecular flexibility index (Phi) is 7.14. The van der Waals surface area contributed by atoms with Gasteiger partial charge in [0.2, 0.25) is 0 Å². The van der Waals surface area contributed by atoms with Gasteiger partial charge < -0.3 is 24.8 Å². The lowest BCUT2D eigenvalue weighted by molar-refractivity contribution is 0.108. The second-order valence-corrected chi connectivity index (χ2v) is 6.79. The number of rotatable bonds is 6. The van der Waals surface area contributed by atoms with Gasteiger partial charge in [-0.2, -0.15) is 0 Å². The summed E-state index contributed by atoms with van der Waals surface area (Å²) >= 11 is 0. The lowest BCUT2D eigenvalue weighted by Crippen LogP contribution is -2.46. The van der Waals surface area contributed by atoms with E-state index < -0.39 is 0 Å². The molecule has 2 aromatic carbocycles. The number of methoxy groups -OCH3 is 1. The topological polar surface area (TPSA) is 66.3 Å². The van der Waals surface area contributed by atoms with Gasteiger partial charge in [0.05, 0.1) is 19.8 Å². The van der Waals surface area contributed by atoms with Crippen molar-refractivity contribution in [1.82, 2.24) is 10.2 Å². The first kappa shape index (κ1) is 20.0. The molecule has 1 heterocycles. The lowest BCUT2D eigenvalue weighted by atomic mass is 10.1. The molecule has 0 radical (unpaired) electrons. The summed E-state index contributed by atoms with van der Waals surface area (Å²) in [6, 6.07) is 15.5. The Bertz CT molecular complexity index is 769. The lowest BCUT2D eigenvalue weighted by Gasteiger charge is -2.32. The van der Waals surface area contributed by atoms with Crippen LogP contribution in [0.1, 0.15) is 25.3 Å². The van der Waals surface area contributed by atoms with Crippen LogP contribution in [0.25, 0.3) is 0 Å². The molecule has 0 aromatic heterocycles. The van der Waals surface area contributed by atoms with E-state index in [0.29, 0.717) is 18.0 Å². The minimum absolute atomic E-state index is 0.185. The van der Waals surface area contributed by atoms with Crippen molar-refractivity contribution in [3.63, 3.8) is 0 Å². The van der Waals surface area contributed by atoms with Gasteiger partial charge in [-0.15, -0.1) is 0 Å². The predicted molar refractivity (Wildman–Crippen MR) is 111 cm³/mol. The minimum atomic E-state index is -0.185. The van der Waals surface area contributed by atoms with E-state index >= 15 is 0 Å². The third-order valence-electron chi connectivity index (χ3n) is 4.73. The second-order valence-electron chi connectivity index (χ2n) is 6.79. The molecule has 1 saturated heterocycles. The highest BCUT2D eigenvalue weighted by molar-refractivity contribution is 5.80. The van der Waals surface area contributed by atoms with Crippen LogP contribution in [0.5, 0.6) is 17.2 Å².